The summed E-state index contributed by atoms with van der Waals surface area (Å²) in [6, 6.07) is 23.5. The molecule has 0 radical (unpaired) electrons. The van der Waals surface area contributed by atoms with Gasteiger partial charge in [0, 0.05) is 23.7 Å². The van der Waals surface area contributed by atoms with E-state index < -0.39 is 0 Å². The lowest BCUT2D eigenvalue weighted by atomic mass is 10.0. The van der Waals surface area contributed by atoms with E-state index in [1.165, 1.54) is 27.9 Å². The summed E-state index contributed by atoms with van der Waals surface area (Å²) in [6.07, 6.45) is 8.08. The van der Waals surface area contributed by atoms with Crippen molar-refractivity contribution in [3.05, 3.63) is 101 Å². The number of rotatable bonds is 9. The average molecular weight is 411 g/mol. The van der Waals surface area contributed by atoms with Gasteiger partial charge in [-0.2, -0.15) is 0 Å². The lowest BCUT2D eigenvalue weighted by molar-refractivity contribution is 1.08. The van der Waals surface area contributed by atoms with Gasteiger partial charge in [-0.3, -0.25) is 4.99 Å². The molecule has 0 bridgehead atoms. The van der Waals surface area contributed by atoms with E-state index in [4.69, 9.17) is 4.99 Å². The van der Waals surface area contributed by atoms with Crippen molar-refractivity contribution >= 4 is 23.2 Å². The lowest BCUT2D eigenvalue weighted by Crippen LogP contribution is -2.01. The molecule has 0 aliphatic rings. The molecule has 3 aromatic rings. The molecule has 2 heteroatoms. The fraction of sp³-hybridized carbons (Fsp3) is 0.276. The maximum atomic E-state index is 4.99. The van der Waals surface area contributed by atoms with E-state index in [1.54, 1.807) is 0 Å². The van der Waals surface area contributed by atoms with E-state index in [1.807, 2.05) is 6.21 Å². The predicted octanol–water partition coefficient (Wildman–Crippen LogP) is 7.79. The van der Waals surface area contributed by atoms with Gasteiger partial charge in [0.1, 0.15) is 0 Å². The number of nitrogens with one attached hydrogen (secondary N) is 1. The first-order chi connectivity index (χ1) is 15.2. The Morgan fingerprint density at radius 3 is 1.71 bits per heavy atom. The van der Waals surface area contributed by atoms with Crippen LogP contribution in [-0.4, -0.2) is 6.21 Å². The van der Waals surface area contributed by atoms with Gasteiger partial charge in [0.15, 0.2) is 0 Å². The molecule has 2 nitrogen and oxygen atoms in total. The van der Waals surface area contributed by atoms with E-state index in [2.05, 4.69) is 106 Å². The Labute approximate surface area is 187 Å². The highest BCUT2D eigenvalue weighted by atomic mass is 14.9. The first kappa shape index (κ1) is 22.6. The number of nitrogens with zero attached hydrogens (tertiary/aromatic N) is 1. The zero-order chi connectivity index (χ0) is 22.1. The normalized spacial score (nSPS) is 11.8. The molecule has 160 valence electrons. The maximum absolute atomic E-state index is 4.99. The SMILES string of the molecule is CCc1cccc(CC)c1N=C/C(=C\Nc1c(CC)cccc1CC)c1ccccc1. The molecule has 0 amide bonds. The fourth-order valence-electron chi connectivity index (χ4n) is 3.92. The summed E-state index contributed by atoms with van der Waals surface area (Å²) in [5, 5.41) is 3.62. The smallest absolute Gasteiger partial charge is 0.0693 e. The van der Waals surface area contributed by atoms with Crippen LogP contribution in [0.1, 0.15) is 55.5 Å². The number of hydrogen-bond acceptors (Lipinski definition) is 2. The van der Waals surface area contributed by atoms with Crippen LogP contribution in [0.4, 0.5) is 11.4 Å². The number of hydrogen-bond donors (Lipinski definition) is 1. The topological polar surface area (TPSA) is 24.4 Å². The van der Waals surface area contributed by atoms with Crippen LogP contribution in [0.3, 0.4) is 0 Å². The molecule has 0 atom stereocenters. The third kappa shape index (κ3) is 5.52. The summed E-state index contributed by atoms with van der Waals surface area (Å²) in [5.41, 5.74) is 9.81. The fourth-order valence-corrected chi connectivity index (χ4v) is 3.92. The highest BCUT2D eigenvalue weighted by Crippen LogP contribution is 2.27. The van der Waals surface area contributed by atoms with E-state index >= 15 is 0 Å². The Bertz CT molecular complexity index is 1000. The summed E-state index contributed by atoms with van der Waals surface area (Å²) in [4.78, 5) is 4.99. The number of anilines is 1. The van der Waals surface area contributed by atoms with Crippen molar-refractivity contribution in [1.29, 1.82) is 0 Å². The van der Waals surface area contributed by atoms with Gasteiger partial charge >= 0.3 is 0 Å². The van der Waals surface area contributed by atoms with Gasteiger partial charge in [-0.15, -0.1) is 0 Å². The lowest BCUT2D eigenvalue weighted by Gasteiger charge is -2.14. The van der Waals surface area contributed by atoms with E-state index in [0.717, 1.165) is 42.5 Å². The van der Waals surface area contributed by atoms with Crippen LogP contribution in [0.25, 0.3) is 5.57 Å². The summed E-state index contributed by atoms with van der Waals surface area (Å²) < 4.78 is 0. The van der Waals surface area contributed by atoms with E-state index in [0.29, 0.717) is 0 Å². The summed E-state index contributed by atoms with van der Waals surface area (Å²) in [7, 11) is 0. The number of aliphatic imine (C=N–C) groups is 1. The molecule has 3 aromatic carbocycles. The quantitative estimate of drug-likeness (QED) is 0.358. The van der Waals surface area contributed by atoms with Crippen LogP contribution in [0.15, 0.2) is 77.9 Å². The Morgan fingerprint density at radius 2 is 1.19 bits per heavy atom. The maximum Gasteiger partial charge on any atom is 0.0693 e. The minimum atomic E-state index is 0.979. The van der Waals surface area contributed by atoms with Crippen molar-refractivity contribution in [3.8, 4) is 0 Å². The van der Waals surface area contributed by atoms with Crippen molar-refractivity contribution in [1.82, 2.24) is 0 Å². The monoisotopic (exact) mass is 410 g/mol. The molecule has 0 saturated heterocycles. The van der Waals surface area contributed by atoms with Gasteiger partial charge < -0.3 is 5.32 Å². The van der Waals surface area contributed by atoms with Crippen LogP contribution in [-0.2, 0) is 25.7 Å². The molecule has 0 fully saturated rings. The minimum absolute atomic E-state index is 0.979. The van der Waals surface area contributed by atoms with Crippen LogP contribution in [0.2, 0.25) is 0 Å². The Kier molecular flexibility index (Phi) is 8.23. The first-order valence-corrected chi connectivity index (χ1v) is 11.5. The Balaban J connectivity index is 2.03. The van der Waals surface area contributed by atoms with Crippen molar-refractivity contribution in [2.24, 2.45) is 4.99 Å². The van der Waals surface area contributed by atoms with Crippen LogP contribution >= 0.6 is 0 Å². The first-order valence-electron chi connectivity index (χ1n) is 11.5. The van der Waals surface area contributed by atoms with E-state index in [9.17, 15) is 0 Å². The van der Waals surface area contributed by atoms with Crippen molar-refractivity contribution in [2.45, 2.75) is 53.4 Å². The van der Waals surface area contributed by atoms with Crippen LogP contribution in [0, 0.1) is 0 Å². The van der Waals surface area contributed by atoms with Crippen molar-refractivity contribution in [2.75, 3.05) is 5.32 Å². The minimum Gasteiger partial charge on any atom is -0.361 e. The molecule has 0 spiro atoms. The number of benzene rings is 3. The molecule has 0 saturated carbocycles. The van der Waals surface area contributed by atoms with Gasteiger partial charge in [0.2, 0.25) is 0 Å². The van der Waals surface area contributed by atoms with Crippen LogP contribution < -0.4 is 5.32 Å². The van der Waals surface area contributed by atoms with Crippen molar-refractivity contribution in [3.63, 3.8) is 0 Å². The summed E-state index contributed by atoms with van der Waals surface area (Å²) >= 11 is 0. The molecule has 0 heterocycles. The predicted molar refractivity (Wildman–Crippen MR) is 137 cm³/mol. The van der Waals surface area contributed by atoms with Crippen molar-refractivity contribution < 1.29 is 0 Å². The summed E-state index contributed by atoms with van der Waals surface area (Å²) in [5.74, 6) is 0. The second-order valence-electron chi connectivity index (χ2n) is 7.66. The summed E-state index contributed by atoms with van der Waals surface area (Å²) in [6.45, 7) is 8.79. The standard InChI is InChI=1S/C29H34N2/c1-5-22-16-12-17-23(6-2)28(22)30-20-27(26-14-10-9-11-15-26)21-31-29-24(7-3)18-13-19-25(29)8-4/h9-21,30H,5-8H2,1-4H3/b27-20+,31-21?. The van der Waals surface area contributed by atoms with Gasteiger partial charge in [0.25, 0.3) is 0 Å². The Hall–Kier alpha value is -3.13. The largest absolute Gasteiger partial charge is 0.361 e. The van der Waals surface area contributed by atoms with Crippen LogP contribution in [0.5, 0.6) is 0 Å². The third-order valence-corrected chi connectivity index (χ3v) is 5.78. The highest BCUT2D eigenvalue weighted by Gasteiger charge is 2.07. The molecule has 0 unspecified atom stereocenters. The second-order valence-corrected chi connectivity index (χ2v) is 7.66. The zero-order valence-electron chi connectivity index (χ0n) is 19.3. The van der Waals surface area contributed by atoms with E-state index in [-0.39, 0.29) is 0 Å². The molecule has 31 heavy (non-hydrogen) atoms. The number of aryl methyl sites for hydroxylation is 4. The molecular weight excluding hydrogens is 376 g/mol. The number of allylic oxidation sites excluding steroid dienone is 1. The Morgan fingerprint density at radius 1 is 0.677 bits per heavy atom. The molecule has 0 aromatic heterocycles. The number of para-hydroxylation sites is 2. The highest BCUT2D eigenvalue weighted by molar-refractivity contribution is 6.11. The van der Waals surface area contributed by atoms with Gasteiger partial charge in [-0.1, -0.05) is 94.4 Å². The zero-order valence-corrected chi connectivity index (χ0v) is 19.3. The molecule has 1 N–H and O–H groups in total. The molecule has 0 aliphatic heterocycles. The van der Waals surface area contributed by atoms with Gasteiger partial charge in [0.05, 0.1) is 5.69 Å². The third-order valence-electron chi connectivity index (χ3n) is 5.78. The second kappa shape index (κ2) is 11.3. The molecule has 0 aliphatic carbocycles. The molecular formula is C29H34N2. The van der Waals surface area contributed by atoms with Gasteiger partial charge in [-0.25, -0.2) is 0 Å². The molecule has 3 rings (SSSR count). The van der Waals surface area contributed by atoms with Gasteiger partial charge in [-0.05, 0) is 53.5 Å². The average Bonchev–Trinajstić information content (AvgIpc) is 2.84.